The predicted octanol–water partition coefficient (Wildman–Crippen LogP) is 6.37. The van der Waals surface area contributed by atoms with E-state index in [-0.39, 0.29) is 11.6 Å². The Morgan fingerprint density at radius 2 is 1.81 bits per heavy atom. The van der Waals surface area contributed by atoms with Crippen molar-refractivity contribution in [1.82, 2.24) is 4.98 Å². The first-order chi connectivity index (χ1) is 15.2. The van der Waals surface area contributed by atoms with Crippen LogP contribution in [0.15, 0.2) is 12.3 Å². The van der Waals surface area contributed by atoms with Gasteiger partial charge in [-0.3, -0.25) is 4.98 Å². The van der Waals surface area contributed by atoms with Gasteiger partial charge in [0, 0.05) is 36.7 Å². The number of rotatable bonds is 9. The Hall–Kier alpha value is -1.66. The summed E-state index contributed by atoms with van der Waals surface area (Å²) in [6.07, 6.45) is 10.1. The Morgan fingerprint density at radius 3 is 2.44 bits per heavy atom. The summed E-state index contributed by atoms with van der Waals surface area (Å²) in [5, 5.41) is 13.6. The molecule has 2 saturated carbocycles. The first-order valence-corrected chi connectivity index (χ1v) is 14.6. The molecule has 0 aliphatic heterocycles. The smallest absolute Gasteiger partial charge is 0.339 e. The highest BCUT2D eigenvalue weighted by atomic mass is 28.4. The molecule has 0 amide bonds. The number of aromatic nitrogens is 1. The maximum atomic E-state index is 12.0. The van der Waals surface area contributed by atoms with Gasteiger partial charge in [-0.2, -0.15) is 0 Å². The monoisotopic (exact) mass is 456 g/mol. The Morgan fingerprint density at radius 1 is 1.16 bits per heavy atom. The van der Waals surface area contributed by atoms with Crippen LogP contribution >= 0.6 is 0 Å². The number of hydrogen-bond donors (Lipinski definition) is 2. The molecule has 6 heteroatoms. The fraction of sp³-hybridized carbons (Fsp3) is 0.692. The number of anilines is 1. The van der Waals surface area contributed by atoms with Gasteiger partial charge in [-0.15, -0.1) is 0 Å². The molecule has 0 radical (unpaired) electrons. The third kappa shape index (κ3) is 3.83. The maximum absolute atomic E-state index is 12.0. The second-order valence-corrected chi connectivity index (χ2v) is 16.6. The van der Waals surface area contributed by atoms with Crippen molar-refractivity contribution in [1.29, 1.82) is 0 Å². The minimum Gasteiger partial charge on any atom is -0.478 e. The molecule has 4 atom stereocenters. The number of nitrogens with zero attached hydrogens (tertiary/aromatic N) is 1. The highest BCUT2D eigenvalue weighted by Gasteiger charge is 2.51. The van der Waals surface area contributed by atoms with Crippen molar-refractivity contribution in [3.05, 3.63) is 29.1 Å². The van der Waals surface area contributed by atoms with Gasteiger partial charge in [-0.05, 0) is 47.7 Å². The number of aromatic carboxylic acids is 1. The molecule has 3 aliphatic carbocycles. The van der Waals surface area contributed by atoms with Crippen molar-refractivity contribution < 1.29 is 14.3 Å². The van der Waals surface area contributed by atoms with E-state index in [1.807, 2.05) is 6.08 Å². The number of pyridine rings is 1. The molecule has 0 saturated heterocycles. The van der Waals surface area contributed by atoms with E-state index in [1.54, 1.807) is 0 Å². The van der Waals surface area contributed by atoms with E-state index in [2.05, 4.69) is 57.9 Å². The standard InChI is InChI=1S/C26H40N2O3Si/c1-15(2)32(16(3)4,17(5)6)31-14-22-18-10-11-19(12-18)24(22)28-25-20-8-7-9-23(20)27-13-21(25)26(29)30/h7-8,13,15-19,22,24H,9-12,14H2,1-6H3,(H,27,28)(H,29,30)/t18-,19?,22-,24+/m1/s1. The Labute approximate surface area is 194 Å². The van der Waals surface area contributed by atoms with Gasteiger partial charge in [-0.1, -0.05) is 53.7 Å². The summed E-state index contributed by atoms with van der Waals surface area (Å²) >= 11 is 0. The van der Waals surface area contributed by atoms with Crippen LogP contribution < -0.4 is 5.32 Å². The Balaban J connectivity index is 1.61. The van der Waals surface area contributed by atoms with Gasteiger partial charge in [0.25, 0.3) is 0 Å². The van der Waals surface area contributed by atoms with Crippen LogP contribution in [0.4, 0.5) is 5.69 Å². The van der Waals surface area contributed by atoms with Crippen LogP contribution in [0.25, 0.3) is 6.08 Å². The number of carbonyl (C=O) groups is 1. The van der Waals surface area contributed by atoms with Crippen molar-refractivity contribution in [2.24, 2.45) is 17.8 Å². The van der Waals surface area contributed by atoms with Crippen molar-refractivity contribution in [3.63, 3.8) is 0 Å². The summed E-state index contributed by atoms with van der Waals surface area (Å²) in [7, 11) is -1.93. The molecule has 0 aromatic carbocycles. The quantitative estimate of drug-likeness (QED) is 0.423. The van der Waals surface area contributed by atoms with Gasteiger partial charge in [-0.25, -0.2) is 4.79 Å². The van der Waals surface area contributed by atoms with Crippen molar-refractivity contribution in [3.8, 4) is 0 Å². The predicted molar refractivity (Wildman–Crippen MR) is 133 cm³/mol. The van der Waals surface area contributed by atoms with Crippen molar-refractivity contribution in [2.75, 3.05) is 11.9 Å². The minimum absolute atomic E-state index is 0.269. The number of carboxylic acid groups (broad SMARTS) is 1. The maximum Gasteiger partial charge on any atom is 0.339 e. The molecule has 32 heavy (non-hydrogen) atoms. The van der Waals surface area contributed by atoms with Crippen LogP contribution in [-0.4, -0.2) is 37.0 Å². The normalized spacial score (nSPS) is 26.5. The van der Waals surface area contributed by atoms with Crippen LogP contribution in [-0.2, 0) is 10.8 Å². The molecule has 0 spiro atoms. The van der Waals surface area contributed by atoms with E-state index in [9.17, 15) is 9.90 Å². The van der Waals surface area contributed by atoms with Crippen LogP contribution in [0.1, 0.15) is 82.4 Å². The topological polar surface area (TPSA) is 71.5 Å². The average Bonchev–Trinajstić information content (AvgIpc) is 3.44. The van der Waals surface area contributed by atoms with E-state index in [4.69, 9.17) is 4.43 Å². The van der Waals surface area contributed by atoms with Gasteiger partial charge in [0.1, 0.15) is 5.56 Å². The zero-order chi connectivity index (χ0) is 23.2. The first kappa shape index (κ1) is 23.5. The van der Waals surface area contributed by atoms with Crippen LogP contribution in [0.3, 0.4) is 0 Å². The SMILES string of the molecule is CC(C)[Si](OC[C@@H]1[C@@H]2CCC(C2)[C@@H]1Nc1c(C(=O)O)cnc2c1C=CC2)(C(C)C)C(C)C. The molecular weight excluding hydrogens is 416 g/mol. The van der Waals surface area contributed by atoms with Gasteiger partial charge in [0.05, 0.1) is 11.4 Å². The summed E-state index contributed by atoms with van der Waals surface area (Å²) in [5.41, 5.74) is 4.69. The fourth-order valence-corrected chi connectivity index (χ4v) is 12.8. The zero-order valence-corrected chi connectivity index (χ0v) is 21.5. The number of nitrogens with one attached hydrogen (secondary N) is 1. The largest absolute Gasteiger partial charge is 0.478 e. The number of hydrogen-bond acceptors (Lipinski definition) is 4. The molecule has 176 valence electrons. The highest BCUT2D eigenvalue weighted by Crippen LogP contribution is 2.51. The lowest BCUT2D eigenvalue weighted by molar-refractivity contribution is 0.0697. The second-order valence-electron chi connectivity index (χ2n) is 11.1. The molecule has 4 rings (SSSR count). The summed E-state index contributed by atoms with van der Waals surface area (Å²) in [6.45, 7) is 14.8. The number of carboxylic acids is 1. The van der Waals surface area contributed by atoms with Gasteiger partial charge in [0.2, 0.25) is 0 Å². The molecule has 2 bridgehead atoms. The van der Waals surface area contributed by atoms with Crippen LogP contribution in [0.5, 0.6) is 0 Å². The van der Waals surface area contributed by atoms with Gasteiger partial charge in [0.15, 0.2) is 8.32 Å². The van der Waals surface area contributed by atoms with Crippen LogP contribution in [0.2, 0.25) is 16.6 Å². The third-order valence-electron chi connectivity index (χ3n) is 8.66. The molecule has 1 heterocycles. The third-order valence-corrected chi connectivity index (χ3v) is 14.7. The first-order valence-electron chi connectivity index (χ1n) is 12.5. The summed E-state index contributed by atoms with van der Waals surface area (Å²) in [5.74, 6) is 0.796. The lowest BCUT2D eigenvalue weighted by Gasteiger charge is -2.44. The summed E-state index contributed by atoms with van der Waals surface area (Å²) in [6, 6.07) is 0.269. The Bertz CT molecular complexity index is 874. The van der Waals surface area contributed by atoms with E-state index in [0.717, 1.165) is 30.0 Å². The minimum atomic E-state index is -1.93. The summed E-state index contributed by atoms with van der Waals surface area (Å²) in [4.78, 5) is 16.4. The van der Waals surface area contributed by atoms with E-state index < -0.39 is 14.3 Å². The average molecular weight is 457 g/mol. The van der Waals surface area contributed by atoms with Crippen LogP contribution in [0, 0.1) is 17.8 Å². The molecule has 1 aromatic heterocycles. The molecular formula is C26H40N2O3Si. The highest BCUT2D eigenvalue weighted by molar-refractivity contribution is 6.77. The van der Waals surface area contributed by atoms with Crippen molar-refractivity contribution in [2.45, 2.75) is 89.9 Å². The molecule has 2 N–H and O–H groups in total. The number of fused-ring (bicyclic) bond motifs is 3. The molecule has 3 aliphatic rings. The molecule has 1 aromatic rings. The number of allylic oxidation sites excluding steroid dienone is 1. The lowest BCUT2D eigenvalue weighted by Crippen LogP contribution is -2.50. The van der Waals surface area contributed by atoms with Gasteiger partial charge < -0.3 is 14.8 Å². The molecule has 1 unspecified atom stereocenters. The molecule has 2 fully saturated rings. The summed E-state index contributed by atoms with van der Waals surface area (Å²) < 4.78 is 7.05. The van der Waals surface area contributed by atoms with E-state index >= 15 is 0 Å². The van der Waals surface area contributed by atoms with Gasteiger partial charge >= 0.3 is 5.97 Å². The molecule has 5 nitrogen and oxygen atoms in total. The van der Waals surface area contributed by atoms with E-state index in [0.29, 0.717) is 34.4 Å². The fourth-order valence-electron chi connectivity index (χ4n) is 7.30. The van der Waals surface area contributed by atoms with E-state index in [1.165, 1.54) is 25.5 Å². The zero-order valence-electron chi connectivity index (χ0n) is 20.5. The second kappa shape index (κ2) is 8.94. The Kier molecular flexibility index (Phi) is 6.56. The lowest BCUT2D eigenvalue weighted by atomic mass is 9.84. The van der Waals surface area contributed by atoms with Crippen molar-refractivity contribution >= 4 is 26.1 Å².